The monoisotopic (exact) mass is 246 g/mol. The topological polar surface area (TPSA) is 35.5 Å². The molecule has 2 unspecified atom stereocenters. The van der Waals surface area contributed by atoms with Gasteiger partial charge in [-0.2, -0.15) is 0 Å². The number of ether oxygens (including phenoxy) is 2. The number of benzene rings is 1. The van der Waals surface area contributed by atoms with E-state index in [1.54, 1.807) is 7.11 Å². The fourth-order valence-corrected chi connectivity index (χ4v) is 3.24. The Labute approximate surface area is 107 Å². The molecule has 1 aromatic carbocycles. The van der Waals surface area contributed by atoms with Crippen molar-refractivity contribution in [3.05, 3.63) is 29.8 Å². The minimum Gasteiger partial charge on any atom is -0.483 e. The highest BCUT2D eigenvalue weighted by Crippen LogP contribution is 2.42. The lowest BCUT2D eigenvalue weighted by Gasteiger charge is -2.45. The molecular weight excluding hydrogens is 228 g/mol. The molecule has 0 saturated heterocycles. The molecule has 2 atom stereocenters. The molecule has 96 valence electrons. The minimum absolute atomic E-state index is 0.0311. The Hall–Kier alpha value is -1.35. The average Bonchev–Trinajstić information content (AvgIpc) is 2.39. The van der Waals surface area contributed by atoms with Crippen LogP contribution in [-0.2, 0) is 4.74 Å². The highest BCUT2D eigenvalue weighted by Gasteiger charge is 2.48. The Kier molecular flexibility index (Phi) is 2.86. The molecule has 0 radical (unpaired) electrons. The molecule has 1 aliphatic carbocycles. The summed E-state index contributed by atoms with van der Waals surface area (Å²) in [6, 6.07) is 7.52. The van der Waals surface area contributed by atoms with Crippen LogP contribution in [0, 0.1) is 0 Å². The van der Waals surface area contributed by atoms with E-state index in [0.29, 0.717) is 12.0 Å². The van der Waals surface area contributed by atoms with Crippen molar-refractivity contribution in [1.29, 1.82) is 0 Å². The van der Waals surface area contributed by atoms with E-state index in [0.717, 1.165) is 31.4 Å². The summed E-state index contributed by atoms with van der Waals surface area (Å²) in [5, 5.41) is 0. The molecule has 0 aromatic heterocycles. The highest BCUT2D eigenvalue weighted by molar-refractivity contribution is 6.00. The van der Waals surface area contributed by atoms with Crippen molar-refractivity contribution in [2.24, 2.45) is 0 Å². The molecule has 0 N–H and O–H groups in total. The average molecular weight is 246 g/mol. The van der Waals surface area contributed by atoms with Crippen molar-refractivity contribution >= 4 is 5.78 Å². The quantitative estimate of drug-likeness (QED) is 0.764. The van der Waals surface area contributed by atoms with Gasteiger partial charge in [-0.3, -0.25) is 4.79 Å². The van der Waals surface area contributed by atoms with E-state index in [4.69, 9.17) is 9.47 Å². The van der Waals surface area contributed by atoms with Crippen LogP contribution in [0.4, 0.5) is 0 Å². The third kappa shape index (κ3) is 1.74. The fourth-order valence-electron chi connectivity index (χ4n) is 3.24. The van der Waals surface area contributed by atoms with Crippen molar-refractivity contribution in [1.82, 2.24) is 0 Å². The van der Waals surface area contributed by atoms with Crippen molar-refractivity contribution in [2.75, 3.05) is 7.11 Å². The first-order valence-electron chi connectivity index (χ1n) is 6.59. The number of methoxy groups -OCH3 is 1. The summed E-state index contributed by atoms with van der Waals surface area (Å²) in [6.45, 7) is 0. The van der Waals surface area contributed by atoms with E-state index in [-0.39, 0.29) is 11.9 Å². The number of hydrogen-bond acceptors (Lipinski definition) is 3. The number of Topliss-reactive ketones (excluding diaryl/α,β-unsaturated/α-hetero) is 1. The number of rotatable bonds is 1. The summed E-state index contributed by atoms with van der Waals surface area (Å²) < 4.78 is 11.8. The van der Waals surface area contributed by atoms with Gasteiger partial charge in [-0.25, -0.2) is 0 Å². The maximum atomic E-state index is 12.3. The van der Waals surface area contributed by atoms with Crippen molar-refractivity contribution in [3.8, 4) is 5.75 Å². The maximum Gasteiger partial charge on any atom is 0.170 e. The number of carbonyl (C=O) groups excluding carboxylic acids is 1. The first kappa shape index (κ1) is 11.7. The normalized spacial score (nSPS) is 30.9. The van der Waals surface area contributed by atoms with E-state index in [2.05, 4.69) is 0 Å². The minimum atomic E-state index is -0.432. The van der Waals surface area contributed by atoms with Crippen LogP contribution in [-0.4, -0.2) is 24.6 Å². The largest absolute Gasteiger partial charge is 0.483 e. The van der Waals surface area contributed by atoms with Crippen LogP contribution in [0.2, 0.25) is 0 Å². The molecule has 0 bridgehead atoms. The number of carbonyl (C=O) groups is 1. The van der Waals surface area contributed by atoms with Gasteiger partial charge in [0, 0.05) is 7.11 Å². The molecule has 1 heterocycles. The third-order valence-electron chi connectivity index (χ3n) is 4.15. The Morgan fingerprint density at radius 3 is 3.00 bits per heavy atom. The van der Waals surface area contributed by atoms with Crippen molar-refractivity contribution in [3.63, 3.8) is 0 Å². The smallest absolute Gasteiger partial charge is 0.170 e. The van der Waals surface area contributed by atoms with E-state index < -0.39 is 5.60 Å². The Bertz CT molecular complexity index is 469. The molecular formula is C15H18O3. The first-order chi connectivity index (χ1) is 8.75. The Balaban J connectivity index is 1.99. The third-order valence-corrected chi connectivity index (χ3v) is 4.15. The second-order valence-electron chi connectivity index (χ2n) is 5.23. The Morgan fingerprint density at radius 1 is 1.33 bits per heavy atom. The molecule has 3 heteroatoms. The summed E-state index contributed by atoms with van der Waals surface area (Å²) in [7, 11) is 1.71. The van der Waals surface area contributed by atoms with E-state index >= 15 is 0 Å². The SMILES string of the molecule is COC1CCCCC12CC(=O)c1ccccc1O2. The zero-order valence-corrected chi connectivity index (χ0v) is 10.6. The van der Waals surface area contributed by atoms with Gasteiger partial charge >= 0.3 is 0 Å². The van der Waals surface area contributed by atoms with Gasteiger partial charge in [-0.05, 0) is 31.4 Å². The molecule has 1 aliphatic heterocycles. The summed E-state index contributed by atoms with van der Waals surface area (Å²) in [4.78, 5) is 12.3. The number of fused-ring (bicyclic) bond motifs is 1. The number of ketones is 1. The van der Waals surface area contributed by atoms with Gasteiger partial charge in [-0.1, -0.05) is 18.6 Å². The predicted octanol–water partition coefficient (Wildman–Crippen LogP) is 2.98. The molecule has 3 rings (SSSR count). The van der Waals surface area contributed by atoms with Gasteiger partial charge in [0.15, 0.2) is 5.78 Å². The first-order valence-corrected chi connectivity index (χ1v) is 6.59. The Morgan fingerprint density at radius 2 is 2.17 bits per heavy atom. The molecule has 1 aromatic rings. The van der Waals surface area contributed by atoms with Crippen LogP contribution in [0.25, 0.3) is 0 Å². The maximum absolute atomic E-state index is 12.3. The van der Waals surface area contributed by atoms with Crippen molar-refractivity contribution in [2.45, 2.75) is 43.8 Å². The second kappa shape index (κ2) is 4.39. The van der Waals surface area contributed by atoms with Gasteiger partial charge in [0.1, 0.15) is 11.4 Å². The standard InChI is InChI=1S/C15H18O3/c1-17-14-8-4-5-9-15(14)10-12(16)11-6-2-3-7-13(11)18-15/h2-3,6-7,14H,4-5,8-10H2,1H3. The predicted molar refractivity (Wildman–Crippen MR) is 68.0 cm³/mol. The van der Waals surface area contributed by atoms with Gasteiger partial charge in [-0.15, -0.1) is 0 Å². The van der Waals surface area contributed by atoms with Gasteiger partial charge < -0.3 is 9.47 Å². The van der Waals surface area contributed by atoms with Crippen LogP contribution >= 0.6 is 0 Å². The lowest BCUT2D eigenvalue weighted by atomic mass is 9.76. The summed E-state index contributed by atoms with van der Waals surface area (Å²) in [5.74, 6) is 0.901. The van der Waals surface area contributed by atoms with E-state index in [9.17, 15) is 4.79 Å². The molecule has 0 amide bonds. The van der Waals surface area contributed by atoms with Crippen LogP contribution in [0.15, 0.2) is 24.3 Å². The summed E-state index contributed by atoms with van der Waals surface area (Å²) in [5.41, 5.74) is 0.280. The lowest BCUT2D eigenvalue weighted by Crippen LogP contribution is -2.54. The van der Waals surface area contributed by atoms with E-state index in [1.807, 2.05) is 24.3 Å². The number of hydrogen-bond donors (Lipinski definition) is 0. The van der Waals surface area contributed by atoms with E-state index in [1.165, 1.54) is 0 Å². The zero-order chi connectivity index (χ0) is 12.6. The van der Waals surface area contributed by atoms with Crippen LogP contribution in [0.1, 0.15) is 42.5 Å². The molecule has 3 nitrogen and oxygen atoms in total. The summed E-state index contributed by atoms with van der Waals surface area (Å²) >= 11 is 0. The molecule has 1 fully saturated rings. The molecule has 2 aliphatic rings. The molecule has 1 spiro atoms. The molecule has 1 saturated carbocycles. The van der Waals surface area contributed by atoms with Crippen LogP contribution in [0.5, 0.6) is 5.75 Å². The van der Waals surface area contributed by atoms with Gasteiger partial charge in [0.25, 0.3) is 0 Å². The highest BCUT2D eigenvalue weighted by atomic mass is 16.5. The fraction of sp³-hybridized carbons (Fsp3) is 0.533. The van der Waals surface area contributed by atoms with Crippen molar-refractivity contribution < 1.29 is 14.3 Å². The van der Waals surface area contributed by atoms with Crippen LogP contribution in [0.3, 0.4) is 0 Å². The lowest BCUT2D eigenvalue weighted by molar-refractivity contribution is -0.102. The molecule has 18 heavy (non-hydrogen) atoms. The number of para-hydroxylation sites is 1. The summed E-state index contributed by atoms with van der Waals surface area (Å²) in [6.07, 6.45) is 4.62. The van der Waals surface area contributed by atoms with Gasteiger partial charge in [0.2, 0.25) is 0 Å². The zero-order valence-electron chi connectivity index (χ0n) is 10.6. The van der Waals surface area contributed by atoms with Gasteiger partial charge in [0.05, 0.1) is 18.1 Å². The van der Waals surface area contributed by atoms with Crippen LogP contribution < -0.4 is 4.74 Å². The second-order valence-corrected chi connectivity index (χ2v) is 5.23.